The van der Waals surface area contributed by atoms with Crippen LogP contribution in [0.1, 0.15) is 52.9 Å². The van der Waals surface area contributed by atoms with Gasteiger partial charge in [0, 0.05) is 0 Å². The molecular weight excluding hydrogens is 422 g/mol. The molecule has 3 amide bonds. The van der Waals surface area contributed by atoms with Crippen molar-refractivity contribution in [3.8, 4) is 0 Å². The van der Waals surface area contributed by atoms with Gasteiger partial charge in [0.25, 0.3) is 0 Å². The van der Waals surface area contributed by atoms with E-state index in [1.165, 1.54) is 18.7 Å². The summed E-state index contributed by atoms with van der Waals surface area (Å²) < 4.78 is 0. The van der Waals surface area contributed by atoms with Gasteiger partial charge in [-0.3, -0.25) is 14.4 Å². The molecule has 0 spiro atoms. The Morgan fingerprint density at radius 3 is 1.97 bits per heavy atom. The van der Waals surface area contributed by atoms with Crippen molar-refractivity contribution in [3.63, 3.8) is 0 Å². The lowest BCUT2D eigenvalue weighted by molar-refractivity contribution is -0.144. The van der Waals surface area contributed by atoms with E-state index in [1.54, 1.807) is 6.92 Å². The van der Waals surface area contributed by atoms with Crippen molar-refractivity contribution in [2.24, 2.45) is 17.4 Å². The number of carbonyl (C=O) groups is 4. The molecule has 0 aromatic rings. The molecule has 180 valence electrons. The molecule has 0 aliphatic carbocycles. The first kappa shape index (κ1) is 29.1. The van der Waals surface area contributed by atoms with Crippen LogP contribution in [0.4, 0.5) is 0 Å². The minimum atomic E-state index is -1.13. The average molecular weight is 462 g/mol. The van der Waals surface area contributed by atoms with E-state index >= 15 is 0 Å². The maximum atomic E-state index is 12.9. The minimum absolute atomic E-state index is 0.276. The highest BCUT2D eigenvalue weighted by Gasteiger charge is 2.31. The number of rotatable bonds is 16. The highest BCUT2D eigenvalue weighted by Crippen LogP contribution is 2.10. The molecule has 0 rings (SSSR count). The van der Waals surface area contributed by atoms with Crippen LogP contribution in [0.5, 0.6) is 0 Å². The highest BCUT2D eigenvalue weighted by molar-refractivity contribution is 7.98. The van der Waals surface area contributed by atoms with Gasteiger partial charge in [-0.15, -0.1) is 0 Å². The summed E-state index contributed by atoms with van der Waals surface area (Å²) >= 11 is 1.52. The van der Waals surface area contributed by atoms with Crippen LogP contribution in [0, 0.1) is 5.92 Å². The lowest BCUT2D eigenvalue weighted by atomic mass is 9.98. The molecule has 8 N–H and O–H groups in total. The van der Waals surface area contributed by atoms with E-state index in [2.05, 4.69) is 16.0 Å². The zero-order valence-electron chi connectivity index (χ0n) is 19.0. The van der Waals surface area contributed by atoms with Gasteiger partial charge in [0.1, 0.15) is 18.1 Å². The van der Waals surface area contributed by atoms with Crippen molar-refractivity contribution in [2.45, 2.75) is 77.0 Å². The first-order valence-electron chi connectivity index (χ1n) is 10.7. The molecule has 10 nitrogen and oxygen atoms in total. The SMILES string of the molecule is CCC(C)C(NC(=O)C(CCCCN)NC(=O)C(CCSC)NC(=O)C(C)N)C(=O)O. The van der Waals surface area contributed by atoms with Crippen LogP contribution in [-0.2, 0) is 19.2 Å². The van der Waals surface area contributed by atoms with Crippen LogP contribution >= 0.6 is 11.8 Å². The fourth-order valence-electron chi connectivity index (χ4n) is 2.78. The van der Waals surface area contributed by atoms with E-state index in [0.717, 1.165) is 0 Å². The van der Waals surface area contributed by atoms with Crippen LogP contribution < -0.4 is 27.4 Å². The number of nitrogens with one attached hydrogen (secondary N) is 3. The van der Waals surface area contributed by atoms with Crippen LogP contribution in [0.15, 0.2) is 0 Å². The third kappa shape index (κ3) is 11.4. The summed E-state index contributed by atoms with van der Waals surface area (Å²) in [6.07, 6.45) is 4.36. The molecule has 0 saturated carbocycles. The second-order valence-corrected chi connectivity index (χ2v) is 8.67. The first-order chi connectivity index (χ1) is 14.6. The summed E-state index contributed by atoms with van der Waals surface area (Å²) in [7, 11) is 0. The normalized spacial score (nSPS) is 15.8. The average Bonchev–Trinajstić information content (AvgIpc) is 2.72. The second-order valence-electron chi connectivity index (χ2n) is 7.69. The topological polar surface area (TPSA) is 177 Å². The molecule has 0 saturated heterocycles. The standard InChI is InChI=1S/C20H39N5O5S/c1-5-12(2)16(20(29)30)25-19(28)14(8-6-7-10-21)24-18(27)15(9-11-31-4)23-17(26)13(3)22/h12-16H,5-11,21-22H2,1-4H3,(H,23,26)(H,24,27)(H,25,28)(H,29,30). The predicted octanol–water partition coefficient (Wildman–Crippen LogP) is -0.199. The number of hydrogen-bond acceptors (Lipinski definition) is 7. The fourth-order valence-corrected chi connectivity index (χ4v) is 3.25. The quantitative estimate of drug-likeness (QED) is 0.171. The Morgan fingerprint density at radius 2 is 1.48 bits per heavy atom. The molecule has 5 atom stereocenters. The molecular formula is C20H39N5O5S. The zero-order valence-corrected chi connectivity index (χ0v) is 19.8. The monoisotopic (exact) mass is 461 g/mol. The van der Waals surface area contributed by atoms with Crippen molar-refractivity contribution in [1.82, 2.24) is 16.0 Å². The molecule has 0 aromatic carbocycles. The molecule has 0 aliphatic heterocycles. The number of nitrogens with two attached hydrogens (primary N) is 2. The Hall–Kier alpha value is -1.85. The largest absolute Gasteiger partial charge is 0.480 e. The summed E-state index contributed by atoms with van der Waals surface area (Å²) in [6, 6.07) is -3.62. The van der Waals surface area contributed by atoms with Gasteiger partial charge in [0.15, 0.2) is 0 Å². The molecule has 0 radical (unpaired) electrons. The van der Waals surface area contributed by atoms with Gasteiger partial charge in [-0.2, -0.15) is 11.8 Å². The van der Waals surface area contributed by atoms with Gasteiger partial charge in [-0.05, 0) is 57.1 Å². The van der Waals surface area contributed by atoms with Gasteiger partial charge < -0.3 is 32.5 Å². The van der Waals surface area contributed by atoms with E-state index in [1.807, 2.05) is 13.2 Å². The third-order valence-electron chi connectivity index (χ3n) is 5.01. The second kappa shape index (κ2) is 15.9. The molecule has 0 bridgehead atoms. The van der Waals surface area contributed by atoms with Gasteiger partial charge in [-0.1, -0.05) is 20.3 Å². The fraction of sp³-hybridized carbons (Fsp3) is 0.800. The van der Waals surface area contributed by atoms with E-state index < -0.39 is 47.9 Å². The minimum Gasteiger partial charge on any atom is -0.480 e. The van der Waals surface area contributed by atoms with E-state index in [-0.39, 0.29) is 5.92 Å². The summed E-state index contributed by atoms with van der Waals surface area (Å²) in [5, 5.41) is 17.3. The molecule has 0 fully saturated rings. The Balaban J connectivity index is 5.42. The Labute approximate surface area is 189 Å². The Morgan fingerprint density at radius 1 is 0.935 bits per heavy atom. The third-order valence-corrected chi connectivity index (χ3v) is 5.66. The lowest BCUT2D eigenvalue weighted by Crippen LogP contribution is -2.57. The van der Waals surface area contributed by atoms with Gasteiger partial charge >= 0.3 is 5.97 Å². The van der Waals surface area contributed by atoms with E-state index in [0.29, 0.717) is 44.4 Å². The van der Waals surface area contributed by atoms with Gasteiger partial charge in [-0.25, -0.2) is 4.79 Å². The smallest absolute Gasteiger partial charge is 0.326 e. The summed E-state index contributed by atoms with van der Waals surface area (Å²) in [6.45, 7) is 5.53. The van der Waals surface area contributed by atoms with Crippen molar-refractivity contribution >= 4 is 35.5 Å². The zero-order chi connectivity index (χ0) is 24.0. The van der Waals surface area contributed by atoms with Crippen LogP contribution in [0.25, 0.3) is 0 Å². The molecule has 5 unspecified atom stereocenters. The molecule has 11 heteroatoms. The number of amides is 3. The number of carboxylic acids is 1. The van der Waals surface area contributed by atoms with Crippen LogP contribution in [-0.4, -0.2) is 71.5 Å². The number of carbonyl (C=O) groups excluding carboxylic acids is 3. The van der Waals surface area contributed by atoms with Crippen LogP contribution in [0.2, 0.25) is 0 Å². The molecule has 0 aliphatic rings. The van der Waals surface area contributed by atoms with Gasteiger partial charge in [0.2, 0.25) is 17.7 Å². The molecule has 31 heavy (non-hydrogen) atoms. The lowest BCUT2D eigenvalue weighted by Gasteiger charge is -2.26. The Kier molecular flexibility index (Phi) is 14.9. The maximum Gasteiger partial charge on any atom is 0.326 e. The Bertz CT molecular complexity index is 590. The summed E-state index contributed by atoms with van der Waals surface area (Å²) in [5.41, 5.74) is 11.1. The maximum absolute atomic E-state index is 12.9. The van der Waals surface area contributed by atoms with E-state index in [4.69, 9.17) is 11.5 Å². The predicted molar refractivity (Wildman–Crippen MR) is 122 cm³/mol. The van der Waals surface area contributed by atoms with Crippen molar-refractivity contribution < 1.29 is 24.3 Å². The number of hydrogen-bond donors (Lipinski definition) is 6. The number of carboxylic acid groups (broad SMARTS) is 1. The summed E-state index contributed by atoms with van der Waals surface area (Å²) in [4.78, 5) is 49.3. The van der Waals surface area contributed by atoms with Crippen LogP contribution in [0.3, 0.4) is 0 Å². The van der Waals surface area contributed by atoms with Crippen molar-refractivity contribution in [2.75, 3.05) is 18.6 Å². The van der Waals surface area contributed by atoms with Gasteiger partial charge in [0.05, 0.1) is 6.04 Å². The molecule has 0 aromatic heterocycles. The number of unbranched alkanes of at least 4 members (excludes halogenated alkanes) is 1. The number of thioether (sulfide) groups is 1. The van der Waals surface area contributed by atoms with Crippen molar-refractivity contribution in [3.05, 3.63) is 0 Å². The number of aliphatic carboxylic acids is 1. The summed E-state index contributed by atoms with van der Waals surface area (Å²) in [5.74, 6) is -2.32. The highest BCUT2D eigenvalue weighted by atomic mass is 32.2. The first-order valence-corrected chi connectivity index (χ1v) is 12.1. The van der Waals surface area contributed by atoms with E-state index in [9.17, 15) is 24.3 Å². The molecule has 0 heterocycles. The van der Waals surface area contributed by atoms with Crippen molar-refractivity contribution in [1.29, 1.82) is 0 Å².